The maximum Gasteiger partial charge on any atom is 0.407 e. The van der Waals surface area contributed by atoms with Gasteiger partial charge in [-0.15, -0.1) is 0 Å². The van der Waals surface area contributed by atoms with Crippen LogP contribution in [0.25, 0.3) is 5.69 Å². The van der Waals surface area contributed by atoms with E-state index in [-0.39, 0.29) is 54.4 Å². The molecule has 4 heterocycles. The van der Waals surface area contributed by atoms with E-state index in [9.17, 15) is 26.8 Å². The number of carbonyl (C=O) groups is 2. The lowest BCUT2D eigenvalue weighted by atomic mass is 9.89. The van der Waals surface area contributed by atoms with Crippen LogP contribution in [0, 0.1) is 11.2 Å². The molecular weight excluding hydrogens is 625 g/mol. The van der Waals surface area contributed by atoms with Gasteiger partial charge in [0.15, 0.2) is 16.1 Å². The van der Waals surface area contributed by atoms with Crippen molar-refractivity contribution in [2.24, 2.45) is 5.41 Å². The molecule has 1 amide bonds. The van der Waals surface area contributed by atoms with Crippen LogP contribution in [0.3, 0.4) is 0 Å². The molecule has 4 aliphatic rings. The number of halogens is 3. The number of likely N-dealkylation sites (tertiary alicyclic amines) is 1. The van der Waals surface area contributed by atoms with E-state index in [1.54, 1.807) is 10.6 Å². The minimum atomic E-state index is -3.58. The quantitative estimate of drug-likeness (QED) is 0.379. The van der Waals surface area contributed by atoms with Gasteiger partial charge in [-0.05, 0) is 49.7 Å². The van der Waals surface area contributed by atoms with Crippen LogP contribution in [0.2, 0.25) is 0 Å². The van der Waals surface area contributed by atoms with Crippen LogP contribution in [-0.2, 0) is 38.9 Å². The molecule has 2 aromatic rings. The van der Waals surface area contributed by atoms with Gasteiger partial charge in [0, 0.05) is 62.0 Å². The van der Waals surface area contributed by atoms with Gasteiger partial charge < -0.3 is 29.6 Å². The average Bonchev–Trinajstić information content (AvgIpc) is 3.54. The number of alkyl halides is 2. The number of nitrogens with one attached hydrogen (secondary N) is 2. The van der Waals surface area contributed by atoms with Crippen molar-refractivity contribution in [3.8, 4) is 5.69 Å². The summed E-state index contributed by atoms with van der Waals surface area (Å²) in [5, 5.41) is 6.03. The van der Waals surface area contributed by atoms with Crippen molar-refractivity contribution in [1.29, 1.82) is 0 Å². The van der Waals surface area contributed by atoms with Crippen molar-refractivity contribution in [3.05, 3.63) is 40.5 Å². The van der Waals surface area contributed by atoms with E-state index in [4.69, 9.17) is 9.47 Å². The number of benzene rings is 1. The number of alkyl carbamates (subject to hydrolysis) is 1. The fourth-order valence-corrected chi connectivity index (χ4v) is 9.66. The number of amides is 1. The third-order valence-electron chi connectivity index (χ3n) is 9.53. The van der Waals surface area contributed by atoms with Gasteiger partial charge in [-0.1, -0.05) is 13.8 Å². The van der Waals surface area contributed by atoms with Crippen LogP contribution in [-0.4, -0.2) is 80.3 Å². The van der Waals surface area contributed by atoms with E-state index in [2.05, 4.69) is 10.6 Å². The predicted molar refractivity (Wildman–Crippen MR) is 164 cm³/mol. The number of fused-ring (bicyclic) bond motifs is 3. The molecule has 1 saturated carbocycles. The Hall–Kier alpha value is -3.10. The summed E-state index contributed by atoms with van der Waals surface area (Å²) in [5.74, 6) is -3.30. The fourth-order valence-electron chi connectivity index (χ4n) is 7.31. The molecule has 1 saturated heterocycles. The summed E-state index contributed by atoms with van der Waals surface area (Å²) in [4.78, 5) is 26.5. The molecule has 252 valence electrons. The predicted octanol–water partition coefficient (Wildman–Crippen LogP) is 5.00. The number of aromatic nitrogens is 1. The van der Waals surface area contributed by atoms with Gasteiger partial charge >= 0.3 is 6.09 Å². The zero-order valence-electron chi connectivity index (χ0n) is 26.2. The molecule has 1 aromatic carbocycles. The van der Waals surface area contributed by atoms with Crippen LogP contribution < -0.4 is 10.6 Å². The number of hydrogen-bond donors (Lipinski definition) is 2. The lowest BCUT2D eigenvalue weighted by Crippen LogP contribution is -2.43. The topological polar surface area (TPSA) is 119 Å². The molecule has 10 nitrogen and oxygen atoms in total. The Labute approximate surface area is 266 Å². The number of piperidine rings is 1. The Balaban J connectivity index is 1.11. The van der Waals surface area contributed by atoms with Gasteiger partial charge in [0.2, 0.25) is 0 Å². The highest BCUT2D eigenvalue weighted by Gasteiger charge is 2.43. The van der Waals surface area contributed by atoms with Crippen LogP contribution in [0.1, 0.15) is 79.7 Å². The fraction of sp³-hybridized carbons (Fsp3) is 0.625. The lowest BCUT2D eigenvalue weighted by molar-refractivity contribution is -0.0548. The summed E-state index contributed by atoms with van der Waals surface area (Å²) in [6.07, 6.45) is 2.11. The monoisotopic (exact) mass is 666 g/mol. The van der Waals surface area contributed by atoms with Crippen molar-refractivity contribution in [1.82, 2.24) is 14.8 Å². The molecule has 2 fully saturated rings. The number of anilines is 1. The second kappa shape index (κ2) is 12.5. The zero-order valence-corrected chi connectivity index (χ0v) is 27.0. The van der Waals surface area contributed by atoms with Crippen LogP contribution in [0.15, 0.2) is 17.0 Å². The van der Waals surface area contributed by atoms with E-state index >= 15 is 4.39 Å². The maximum absolute atomic E-state index is 15.5. The second-order valence-corrected chi connectivity index (χ2v) is 15.7. The smallest absolute Gasteiger partial charge is 0.407 e. The number of rotatable bonds is 8. The van der Waals surface area contributed by atoms with Crippen molar-refractivity contribution >= 4 is 27.9 Å². The first kappa shape index (κ1) is 32.8. The van der Waals surface area contributed by atoms with Gasteiger partial charge in [0.25, 0.3) is 5.92 Å². The molecular formula is C32H41F3N4O6S. The standard InChI is InChI=1S/C32H41F3N4O6S/c1-31(2)15-27-29(46(42,43)19-31)24-17-44-18-28(24)39(27)21-13-25(33)23(16-40)26(14-21)37-20-3-5-22(6-4-20)45-30(41)36-9-12-38-10-7-32(34,35)8-11-38/h13-14,16,20,22,37H,3-12,15,17-19H2,1-2H3,(H,36,41). The minimum absolute atomic E-state index is 0.0189. The first-order valence-corrected chi connectivity index (χ1v) is 17.6. The van der Waals surface area contributed by atoms with Gasteiger partial charge in [0.05, 0.1) is 40.8 Å². The van der Waals surface area contributed by atoms with Crippen LogP contribution in [0.4, 0.5) is 23.7 Å². The molecule has 1 aromatic heterocycles. The average molecular weight is 667 g/mol. The van der Waals surface area contributed by atoms with Crippen molar-refractivity contribution in [2.75, 3.05) is 37.2 Å². The van der Waals surface area contributed by atoms with Gasteiger partial charge in [-0.25, -0.2) is 26.4 Å². The zero-order chi connectivity index (χ0) is 32.9. The highest BCUT2D eigenvalue weighted by atomic mass is 32.2. The number of carbonyl (C=O) groups excluding carboxylic acids is 2. The Morgan fingerprint density at radius 1 is 1.11 bits per heavy atom. The van der Waals surface area contributed by atoms with E-state index in [1.165, 1.54) is 6.07 Å². The molecule has 6 rings (SSSR count). The first-order valence-electron chi connectivity index (χ1n) is 15.9. The minimum Gasteiger partial charge on any atom is -0.446 e. The summed E-state index contributed by atoms with van der Waals surface area (Å²) in [6, 6.07) is 2.85. The third kappa shape index (κ3) is 6.79. The molecule has 3 aliphatic heterocycles. The molecule has 14 heteroatoms. The number of nitrogens with zero attached hydrogens (tertiary/aromatic N) is 2. The molecule has 0 radical (unpaired) electrons. The number of hydrogen-bond acceptors (Lipinski definition) is 8. The summed E-state index contributed by atoms with van der Waals surface area (Å²) in [7, 11) is -3.58. The molecule has 0 spiro atoms. The van der Waals surface area contributed by atoms with E-state index in [0.29, 0.717) is 92.9 Å². The van der Waals surface area contributed by atoms with Crippen molar-refractivity contribution in [2.45, 2.75) is 95.0 Å². The first-order chi connectivity index (χ1) is 21.7. The Morgan fingerprint density at radius 2 is 1.83 bits per heavy atom. The van der Waals surface area contributed by atoms with Crippen molar-refractivity contribution < 1.29 is 40.7 Å². The largest absolute Gasteiger partial charge is 0.446 e. The van der Waals surface area contributed by atoms with E-state index in [0.717, 1.165) is 0 Å². The van der Waals surface area contributed by atoms with Gasteiger partial charge in [-0.2, -0.15) is 0 Å². The van der Waals surface area contributed by atoms with E-state index < -0.39 is 33.1 Å². The SMILES string of the molecule is CC1(C)Cc2c(c3c(n2-c2cc(F)c(C=O)c(NC4CCC(OC(=O)NCCN5CCC(F)(F)CC5)CC4)c2)COC3)S(=O)(=O)C1. The number of sulfone groups is 1. The molecule has 0 unspecified atom stereocenters. The lowest BCUT2D eigenvalue weighted by Gasteiger charge is -2.32. The Kier molecular flexibility index (Phi) is 8.92. The Morgan fingerprint density at radius 3 is 2.52 bits per heavy atom. The normalized spacial score (nSPS) is 24.9. The molecule has 0 atom stereocenters. The van der Waals surface area contributed by atoms with E-state index in [1.807, 2.05) is 18.7 Å². The molecule has 0 bridgehead atoms. The summed E-state index contributed by atoms with van der Waals surface area (Å²) < 4.78 is 81.9. The maximum atomic E-state index is 15.5. The number of aldehydes is 1. The Bertz CT molecular complexity index is 1610. The van der Waals surface area contributed by atoms with Crippen LogP contribution >= 0.6 is 0 Å². The van der Waals surface area contributed by atoms with Crippen LogP contribution in [0.5, 0.6) is 0 Å². The second-order valence-electron chi connectivity index (χ2n) is 13.8. The molecule has 46 heavy (non-hydrogen) atoms. The summed E-state index contributed by atoms with van der Waals surface area (Å²) in [5.41, 5.74) is 2.04. The van der Waals surface area contributed by atoms with Gasteiger partial charge in [-0.3, -0.25) is 4.79 Å². The third-order valence-corrected chi connectivity index (χ3v) is 11.8. The summed E-state index contributed by atoms with van der Waals surface area (Å²) >= 11 is 0. The highest BCUT2D eigenvalue weighted by Crippen LogP contribution is 2.44. The highest BCUT2D eigenvalue weighted by molar-refractivity contribution is 7.91. The molecule has 1 aliphatic carbocycles. The van der Waals surface area contributed by atoms with Gasteiger partial charge in [0.1, 0.15) is 11.9 Å². The van der Waals surface area contributed by atoms with Crippen molar-refractivity contribution in [3.63, 3.8) is 0 Å². The molecule has 2 N–H and O–H groups in total. The summed E-state index contributed by atoms with van der Waals surface area (Å²) in [6.45, 7) is 5.56. The number of ether oxygens (including phenoxy) is 2.